The summed E-state index contributed by atoms with van der Waals surface area (Å²) in [6.45, 7) is 3.75. The van der Waals surface area contributed by atoms with Gasteiger partial charge in [0.15, 0.2) is 0 Å². The number of nitrogens with zero attached hydrogens (tertiary/aromatic N) is 2. The third kappa shape index (κ3) is 2.50. The largest absolute Gasteiger partial charge is 0.324 e. The van der Waals surface area contributed by atoms with E-state index in [2.05, 4.69) is 22.5 Å². The number of anilines is 1. The topological polar surface area (TPSA) is 45.2 Å². The monoisotopic (exact) mass is 313 g/mol. The zero-order chi connectivity index (χ0) is 15.1. The standard InChI is InChI=1S/C17H19N3OS/c1-11-18-15-8-14(6-7-16(15)22-11)19-17(21)20-9-12-4-2-3-5-13(12)10-20/h2-3,6-8,12-13H,4-5,9-10H2,1H3,(H,19,21). The van der Waals surface area contributed by atoms with E-state index < -0.39 is 0 Å². The van der Waals surface area contributed by atoms with E-state index in [0.717, 1.165) is 46.8 Å². The van der Waals surface area contributed by atoms with Crippen LogP contribution in [-0.2, 0) is 0 Å². The Balaban J connectivity index is 1.46. The molecule has 22 heavy (non-hydrogen) atoms. The molecule has 2 heterocycles. The van der Waals surface area contributed by atoms with Gasteiger partial charge in [-0.3, -0.25) is 0 Å². The molecule has 1 saturated heterocycles. The van der Waals surface area contributed by atoms with Gasteiger partial charge in [0.25, 0.3) is 0 Å². The number of nitrogens with one attached hydrogen (secondary N) is 1. The first-order valence-corrected chi connectivity index (χ1v) is 8.59. The highest BCUT2D eigenvalue weighted by Crippen LogP contribution is 2.33. The van der Waals surface area contributed by atoms with Crippen LogP contribution in [0.2, 0.25) is 0 Å². The van der Waals surface area contributed by atoms with Crippen LogP contribution in [0.4, 0.5) is 10.5 Å². The summed E-state index contributed by atoms with van der Waals surface area (Å²) in [5.41, 5.74) is 1.79. The fourth-order valence-electron chi connectivity index (χ4n) is 3.50. The fraction of sp³-hybridized carbons (Fsp3) is 0.412. The summed E-state index contributed by atoms with van der Waals surface area (Å²) in [4.78, 5) is 18.9. The first-order valence-electron chi connectivity index (χ1n) is 7.77. The molecule has 2 aliphatic rings. The highest BCUT2D eigenvalue weighted by Gasteiger charge is 2.35. The zero-order valence-corrected chi connectivity index (χ0v) is 13.4. The number of benzene rings is 1. The van der Waals surface area contributed by atoms with E-state index in [9.17, 15) is 4.79 Å². The minimum atomic E-state index is 0.0145. The molecular formula is C17H19N3OS. The molecule has 2 unspecified atom stereocenters. The second-order valence-corrected chi connectivity index (χ2v) is 7.45. The van der Waals surface area contributed by atoms with Crippen LogP contribution in [0.5, 0.6) is 0 Å². The Kier molecular flexibility index (Phi) is 3.37. The molecule has 0 spiro atoms. The third-order valence-electron chi connectivity index (χ3n) is 4.65. The Hall–Kier alpha value is -1.88. The van der Waals surface area contributed by atoms with Crippen molar-refractivity contribution in [2.45, 2.75) is 19.8 Å². The normalized spacial score (nSPS) is 23.8. The number of carbonyl (C=O) groups excluding carboxylic acids is 1. The molecule has 0 bridgehead atoms. The lowest BCUT2D eigenvalue weighted by atomic mass is 9.86. The summed E-state index contributed by atoms with van der Waals surface area (Å²) >= 11 is 1.68. The Bertz CT molecular complexity index is 735. The lowest BCUT2D eigenvalue weighted by Gasteiger charge is -2.17. The molecule has 1 fully saturated rings. The van der Waals surface area contributed by atoms with Gasteiger partial charge >= 0.3 is 6.03 Å². The van der Waals surface area contributed by atoms with E-state index >= 15 is 0 Å². The zero-order valence-electron chi connectivity index (χ0n) is 12.6. The van der Waals surface area contributed by atoms with Gasteiger partial charge in [-0.25, -0.2) is 9.78 Å². The number of allylic oxidation sites excluding steroid dienone is 2. The Morgan fingerprint density at radius 2 is 2.00 bits per heavy atom. The van der Waals surface area contributed by atoms with Crippen LogP contribution in [0.1, 0.15) is 17.8 Å². The van der Waals surface area contributed by atoms with Crippen molar-refractivity contribution in [3.63, 3.8) is 0 Å². The van der Waals surface area contributed by atoms with E-state index in [4.69, 9.17) is 0 Å². The molecule has 2 amide bonds. The Morgan fingerprint density at radius 3 is 2.73 bits per heavy atom. The number of carbonyl (C=O) groups is 1. The molecule has 4 rings (SSSR count). The molecule has 0 saturated carbocycles. The van der Waals surface area contributed by atoms with Crippen molar-refractivity contribution in [3.8, 4) is 0 Å². The van der Waals surface area contributed by atoms with E-state index in [-0.39, 0.29) is 6.03 Å². The Morgan fingerprint density at radius 1 is 1.27 bits per heavy atom. The van der Waals surface area contributed by atoms with Crippen molar-refractivity contribution in [3.05, 3.63) is 35.4 Å². The van der Waals surface area contributed by atoms with E-state index in [1.165, 1.54) is 0 Å². The Labute approximate surface area is 133 Å². The van der Waals surface area contributed by atoms with Crippen molar-refractivity contribution in [1.29, 1.82) is 0 Å². The fourth-order valence-corrected chi connectivity index (χ4v) is 4.31. The highest BCUT2D eigenvalue weighted by atomic mass is 32.1. The van der Waals surface area contributed by atoms with Gasteiger partial charge in [-0.1, -0.05) is 12.2 Å². The summed E-state index contributed by atoms with van der Waals surface area (Å²) in [5, 5.41) is 4.08. The van der Waals surface area contributed by atoms with Gasteiger partial charge in [0.2, 0.25) is 0 Å². The molecule has 2 aromatic rings. The summed E-state index contributed by atoms with van der Waals surface area (Å²) in [7, 11) is 0. The van der Waals surface area contributed by atoms with Gasteiger partial charge in [0, 0.05) is 18.8 Å². The molecule has 1 aliphatic carbocycles. The van der Waals surface area contributed by atoms with Crippen LogP contribution in [0.15, 0.2) is 30.4 Å². The quantitative estimate of drug-likeness (QED) is 0.808. The third-order valence-corrected chi connectivity index (χ3v) is 5.61. The number of likely N-dealkylation sites (tertiary alicyclic amines) is 1. The number of amides is 2. The lowest BCUT2D eigenvalue weighted by molar-refractivity contribution is 0.220. The van der Waals surface area contributed by atoms with Crippen LogP contribution < -0.4 is 5.32 Å². The molecule has 1 N–H and O–H groups in total. The van der Waals surface area contributed by atoms with E-state index in [1.807, 2.05) is 30.0 Å². The smallest absolute Gasteiger partial charge is 0.321 e. The number of rotatable bonds is 1. The van der Waals surface area contributed by atoms with Gasteiger partial charge in [-0.05, 0) is 49.8 Å². The van der Waals surface area contributed by atoms with Gasteiger partial charge in [-0.2, -0.15) is 0 Å². The molecule has 1 aromatic heterocycles. The minimum Gasteiger partial charge on any atom is -0.324 e. The number of fused-ring (bicyclic) bond motifs is 2. The summed E-state index contributed by atoms with van der Waals surface area (Å²) < 4.78 is 1.16. The van der Waals surface area contributed by atoms with Crippen LogP contribution in [0.3, 0.4) is 0 Å². The molecule has 2 atom stereocenters. The van der Waals surface area contributed by atoms with Gasteiger partial charge in [-0.15, -0.1) is 11.3 Å². The van der Waals surface area contributed by atoms with Gasteiger partial charge < -0.3 is 10.2 Å². The first-order chi connectivity index (χ1) is 10.7. The first kappa shape index (κ1) is 13.8. The van der Waals surface area contributed by atoms with Crippen LogP contribution >= 0.6 is 11.3 Å². The average Bonchev–Trinajstić information content (AvgIpc) is 3.08. The van der Waals surface area contributed by atoms with Crippen molar-refractivity contribution in [1.82, 2.24) is 9.88 Å². The lowest BCUT2D eigenvalue weighted by Crippen LogP contribution is -2.33. The molecule has 4 nitrogen and oxygen atoms in total. The minimum absolute atomic E-state index is 0.0145. The second-order valence-electron chi connectivity index (χ2n) is 6.21. The highest BCUT2D eigenvalue weighted by molar-refractivity contribution is 7.18. The maximum Gasteiger partial charge on any atom is 0.321 e. The van der Waals surface area contributed by atoms with Gasteiger partial charge in [0.05, 0.1) is 15.2 Å². The van der Waals surface area contributed by atoms with Crippen molar-refractivity contribution < 1.29 is 4.79 Å². The number of hydrogen-bond donors (Lipinski definition) is 1. The number of aromatic nitrogens is 1. The van der Waals surface area contributed by atoms with Crippen LogP contribution in [0, 0.1) is 18.8 Å². The summed E-state index contributed by atoms with van der Waals surface area (Å²) in [6, 6.07) is 5.97. The predicted molar refractivity (Wildman–Crippen MR) is 90.3 cm³/mol. The molecule has 5 heteroatoms. The number of urea groups is 1. The molecule has 1 aromatic carbocycles. The van der Waals surface area contributed by atoms with Crippen molar-refractivity contribution in [2.24, 2.45) is 11.8 Å². The number of aryl methyl sites for hydroxylation is 1. The predicted octanol–water partition coefficient (Wildman–Crippen LogP) is 4.03. The number of hydrogen-bond acceptors (Lipinski definition) is 3. The van der Waals surface area contributed by atoms with E-state index in [1.54, 1.807) is 11.3 Å². The molecule has 0 radical (unpaired) electrons. The molecular weight excluding hydrogens is 294 g/mol. The second kappa shape index (κ2) is 5.39. The van der Waals surface area contributed by atoms with E-state index in [0.29, 0.717) is 11.8 Å². The summed E-state index contributed by atoms with van der Waals surface area (Å²) in [5.74, 6) is 1.28. The van der Waals surface area contributed by atoms with Crippen LogP contribution in [0.25, 0.3) is 10.2 Å². The maximum absolute atomic E-state index is 12.5. The number of thiazole rings is 1. The van der Waals surface area contributed by atoms with Crippen LogP contribution in [-0.4, -0.2) is 29.0 Å². The van der Waals surface area contributed by atoms with Gasteiger partial charge in [0.1, 0.15) is 0 Å². The van der Waals surface area contributed by atoms with Crippen molar-refractivity contribution in [2.75, 3.05) is 18.4 Å². The molecule has 1 aliphatic heterocycles. The molecule has 114 valence electrons. The van der Waals surface area contributed by atoms with Crippen molar-refractivity contribution >= 4 is 33.3 Å². The SMILES string of the molecule is Cc1nc2cc(NC(=O)N3CC4CC=CCC4C3)ccc2s1. The maximum atomic E-state index is 12.5. The summed E-state index contributed by atoms with van der Waals surface area (Å²) in [6.07, 6.45) is 6.72. The average molecular weight is 313 g/mol.